The van der Waals surface area contributed by atoms with Crippen molar-refractivity contribution >= 4 is 47.4 Å². The molecule has 8 bridgehead atoms. The van der Waals surface area contributed by atoms with Crippen LogP contribution in [0.15, 0.2) is 23.0 Å². The van der Waals surface area contributed by atoms with Gasteiger partial charge in [-0.1, -0.05) is 13.8 Å². The van der Waals surface area contributed by atoms with E-state index in [1.54, 1.807) is 13.0 Å². The summed E-state index contributed by atoms with van der Waals surface area (Å²) in [5.74, 6) is -11.4. The fourth-order valence-electron chi connectivity index (χ4n) is 13.3. The molecule has 13 N–H and O–H groups in total. The summed E-state index contributed by atoms with van der Waals surface area (Å²) < 4.78 is 0. The van der Waals surface area contributed by atoms with Gasteiger partial charge in [0.15, 0.2) is 5.78 Å². The summed E-state index contributed by atoms with van der Waals surface area (Å²) in [7, 11) is 0. The lowest BCUT2D eigenvalue weighted by molar-refractivity contribution is -0.140. The van der Waals surface area contributed by atoms with Crippen molar-refractivity contribution in [3.05, 3.63) is 23.0 Å². The molecule has 5 saturated heterocycles. The van der Waals surface area contributed by atoms with E-state index in [2.05, 4.69) is 26.6 Å². The van der Waals surface area contributed by atoms with E-state index in [0.717, 1.165) is 0 Å². The van der Waals surface area contributed by atoms with Gasteiger partial charge in [0.05, 0.1) is 24.5 Å². The predicted molar refractivity (Wildman–Crippen MR) is 213 cm³/mol. The van der Waals surface area contributed by atoms with Gasteiger partial charge in [-0.3, -0.25) is 43.7 Å². The van der Waals surface area contributed by atoms with Gasteiger partial charge in [-0.25, -0.2) is 0 Å². The largest absolute Gasteiger partial charge is 0.481 e. The maximum absolute atomic E-state index is 14.3. The Balaban J connectivity index is 1.48. The van der Waals surface area contributed by atoms with Crippen LogP contribution in [-0.2, 0) is 38.4 Å². The van der Waals surface area contributed by atoms with E-state index in [9.17, 15) is 69.0 Å². The summed E-state index contributed by atoms with van der Waals surface area (Å²) in [5, 5.41) is 79.4. The summed E-state index contributed by atoms with van der Waals surface area (Å²) in [4.78, 5) is 103. The van der Waals surface area contributed by atoms with Gasteiger partial charge in [0.25, 0.3) is 0 Å². The highest BCUT2D eigenvalue weighted by Crippen LogP contribution is 2.59. The minimum atomic E-state index is -1.82. The van der Waals surface area contributed by atoms with E-state index >= 15 is 0 Å². The van der Waals surface area contributed by atoms with Crippen LogP contribution in [0.5, 0.6) is 0 Å². The molecule has 0 aromatic rings. The monoisotopic (exact) mass is 870 g/mol. The second-order valence-electron chi connectivity index (χ2n) is 19.2. The molecule has 0 aromatic carbocycles. The highest BCUT2D eigenvalue weighted by molar-refractivity contribution is 5.98. The Kier molecular flexibility index (Phi) is 12.0. The van der Waals surface area contributed by atoms with E-state index in [1.807, 2.05) is 6.92 Å². The molecule has 1 spiro atoms. The van der Waals surface area contributed by atoms with Crippen molar-refractivity contribution in [1.82, 2.24) is 26.6 Å². The fraction of sp³-hybridized carbons (Fsp3) is 0.714. The lowest BCUT2D eigenvalue weighted by Gasteiger charge is -2.43. The Morgan fingerprint density at radius 3 is 2.06 bits per heavy atom. The molecule has 20 heteroatoms. The highest BCUT2D eigenvalue weighted by Gasteiger charge is 2.68. The van der Waals surface area contributed by atoms with Crippen LogP contribution in [-0.4, -0.2) is 120 Å². The van der Waals surface area contributed by atoms with Crippen LogP contribution in [0, 0.1) is 46.3 Å². The topological polar surface area (TPSA) is 344 Å². The zero-order chi connectivity index (χ0) is 45.2. The third-order valence-corrected chi connectivity index (χ3v) is 16.0. The van der Waals surface area contributed by atoms with Crippen molar-refractivity contribution in [2.45, 2.75) is 139 Å². The number of allylic oxidation sites excluding steroid dienone is 2. The highest BCUT2D eigenvalue weighted by atomic mass is 16.4. The number of aliphatic carboxylic acids is 5. The Bertz CT molecular complexity index is 2010. The van der Waals surface area contributed by atoms with Crippen LogP contribution < -0.4 is 32.3 Å². The van der Waals surface area contributed by atoms with Gasteiger partial charge < -0.3 is 57.6 Å². The van der Waals surface area contributed by atoms with Crippen LogP contribution in [0.2, 0.25) is 0 Å². The number of primary amides is 1. The zero-order valence-electron chi connectivity index (χ0n) is 34.7. The molecule has 7 rings (SSSR count). The minimum absolute atomic E-state index is 0.0218. The molecule has 0 saturated carbocycles. The SMILES string of the molecule is C[C@@]1([C@H](O)C(N)=O)C2C[C@H]3NC4=C(C(=O)CC[C@H]4[C@@H]3CC(=O)O)C3N/C(=C\C4N[C@@]5(C[C@H](N2)[C@H]1CCC(=O)O)NC(=O)C[C@@]5(C)[C@@H]4CCC(=O)O)[C@@H](CC(=O)O)[C@@H]3CCC(=O)O. The second kappa shape index (κ2) is 16.6. The number of Topliss-reactive ketones (excluding diaryl/α,β-unsaturated/α-hetero) is 1. The Hall–Kier alpha value is -5.08. The normalized spacial score (nSPS) is 40.7. The first-order valence-electron chi connectivity index (χ1n) is 21.5. The summed E-state index contributed by atoms with van der Waals surface area (Å²) in [6.07, 6.45) is -1.39. The number of ketones is 1. The van der Waals surface area contributed by atoms with E-state index in [1.165, 1.54) is 0 Å². The molecular formula is C42H58N6O14. The molecule has 340 valence electrons. The first-order chi connectivity index (χ1) is 29.1. The van der Waals surface area contributed by atoms with Crippen molar-refractivity contribution < 1.29 is 69.0 Å². The van der Waals surface area contributed by atoms with E-state index in [-0.39, 0.29) is 94.3 Å². The van der Waals surface area contributed by atoms with Gasteiger partial charge in [-0.05, 0) is 61.9 Å². The molecule has 15 atom stereocenters. The molecule has 62 heavy (non-hydrogen) atoms. The number of fused-ring (bicyclic) bond motifs is 7. The third kappa shape index (κ3) is 7.71. The van der Waals surface area contributed by atoms with Crippen LogP contribution >= 0.6 is 0 Å². The maximum atomic E-state index is 14.3. The van der Waals surface area contributed by atoms with Crippen molar-refractivity contribution in [3.8, 4) is 0 Å². The van der Waals surface area contributed by atoms with E-state index in [4.69, 9.17) is 5.73 Å². The number of hydrogen-bond donors (Lipinski definition) is 12. The first kappa shape index (κ1) is 45.0. The van der Waals surface area contributed by atoms with Crippen LogP contribution in [0.1, 0.15) is 97.3 Å². The molecule has 3 unspecified atom stereocenters. The number of aliphatic hydroxyl groups is 1. The Morgan fingerprint density at radius 2 is 1.45 bits per heavy atom. The van der Waals surface area contributed by atoms with Gasteiger partial charge in [0, 0.05) is 102 Å². The standard InChI is InChI=1S/C42H58N6O14/c1-40-16-29(50)48-42(40)15-26-22(6-10-32(55)56)41(2,38(61)39(43)62)28(44-26)14-24-20(12-34(59)60)17-3-7-27(49)35(36(17)46-24)37-18(4-8-30(51)52)19(11-33(57)58)23(45-37)13-25(47-42)21(40)5-9-31(53)54/h13,17-22,24-26,28,37-38,44-47,61H,3-12,14-16H2,1-2H3,(H2,43,62)(H,48,50)(H,51,52)(H,53,54)(H,55,56)(H,57,58)(H,59,60)/b23-13-/t17-,18-,19-,20-,21+,22+,24+,25?,26-,28?,37?,38+,40-,41-,42-/m0/s1. The Labute approximate surface area is 356 Å². The molecule has 0 radical (unpaired) electrons. The maximum Gasteiger partial charge on any atom is 0.304 e. The molecular weight excluding hydrogens is 812 g/mol. The molecule has 0 aromatic heterocycles. The average molecular weight is 871 g/mol. The molecule has 20 nitrogen and oxygen atoms in total. The quantitative estimate of drug-likeness (QED) is 0.102. The van der Waals surface area contributed by atoms with Crippen LogP contribution in [0.4, 0.5) is 0 Å². The van der Waals surface area contributed by atoms with Crippen LogP contribution in [0.3, 0.4) is 0 Å². The number of rotatable bonds is 15. The summed E-state index contributed by atoms with van der Waals surface area (Å²) in [6, 6.07) is -3.88. The van der Waals surface area contributed by atoms with Crippen molar-refractivity contribution in [1.29, 1.82) is 0 Å². The summed E-state index contributed by atoms with van der Waals surface area (Å²) in [6.45, 7) is 3.51. The fourth-order valence-corrected chi connectivity index (χ4v) is 13.3. The number of carboxylic acid groups (broad SMARTS) is 5. The van der Waals surface area contributed by atoms with Crippen molar-refractivity contribution in [2.75, 3.05) is 0 Å². The number of carbonyl (C=O) groups is 8. The number of hydrogen-bond acceptors (Lipinski definition) is 13. The summed E-state index contributed by atoms with van der Waals surface area (Å²) >= 11 is 0. The number of aliphatic hydroxyl groups excluding tert-OH is 1. The van der Waals surface area contributed by atoms with Gasteiger partial charge in [-0.2, -0.15) is 0 Å². The Morgan fingerprint density at radius 1 is 0.823 bits per heavy atom. The summed E-state index contributed by atoms with van der Waals surface area (Å²) in [5.41, 5.74) is 3.17. The van der Waals surface area contributed by atoms with Gasteiger partial charge >= 0.3 is 29.8 Å². The molecule has 1 aliphatic carbocycles. The smallest absolute Gasteiger partial charge is 0.304 e. The molecule has 2 amide bonds. The molecule has 6 heterocycles. The average Bonchev–Trinajstić information content (AvgIpc) is 3.87. The van der Waals surface area contributed by atoms with Crippen LogP contribution in [0.25, 0.3) is 0 Å². The van der Waals surface area contributed by atoms with E-state index in [0.29, 0.717) is 11.4 Å². The number of carbonyl (C=O) groups excluding carboxylic acids is 3. The third-order valence-electron chi connectivity index (χ3n) is 16.0. The van der Waals surface area contributed by atoms with Gasteiger partial charge in [0.2, 0.25) is 11.8 Å². The number of nitrogens with one attached hydrogen (secondary N) is 5. The predicted octanol–water partition coefficient (Wildman–Crippen LogP) is -0.147. The molecule has 6 aliphatic heterocycles. The molecule has 7 aliphatic rings. The lowest BCUT2D eigenvalue weighted by Crippen LogP contribution is -2.61. The molecule has 5 fully saturated rings. The van der Waals surface area contributed by atoms with Crippen molar-refractivity contribution in [3.63, 3.8) is 0 Å². The second-order valence-corrected chi connectivity index (χ2v) is 19.2. The van der Waals surface area contributed by atoms with Gasteiger partial charge in [-0.15, -0.1) is 0 Å². The number of nitrogens with two attached hydrogens (primary N) is 1. The van der Waals surface area contributed by atoms with Gasteiger partial charge in [0.1, 0.15) is 6.10 Å². The number of carboxylic acids is 5. The lowest BCUT2D eigenvalue weighted by atomic mass is 9.62. The van der Waals surface area contributed by atoms with E-state index < -0.39 is 130 Å². The van der Waals surface area contributed by atoms with Crippen molar-refractivity contribution in [2.24, 2.45) is 52.1 Å². The first-order valence-corrected chi connectivity index (χ1v) is 21.5. The minimum Gasteiger partial charge on any atom is -0.481 e. The zero-order valence-corrected chi connectivity index (χ0v) is 34.7. The number of amides is 2.